The SMILES string of the molecule is CCCCCC/C(=C(/F)CCCC(=O)OCc1ccccc1)c1ccc(C(=O)OCC)cc1. The Morgan fingerprint density at radius 3 is 2.12 bits per heavy atom. The van der Waals surface area contributed by atoms with Crippen LogP contribution < -0.4 is 0 Å². The molecule has 0 atom stereocenters. The van der Waals surface area contributed by atoms with Gasteiger partial charge in [0.15, 0.2) is 0 Å². The first-order valence-corrected chi connectivity index (χ1v) is 11.9. The molecule has 0 bridgehead atoms. The second-order valence-electron chi connectivity index (χ2n) is 7.99. The molecule has 0 aliphatic rings. The van der Waals surface area contributed by atoms with Crippen molar-refractivity contribution in [1.29, 1.82) is 0 Å². The first-order valence-electron chi connectivity index (χ1n) is 11.9. The van der Waals surface area contributed by atoms with Gasteiger partial charge in [-0.1, -0.05) is 68.7 Å². The molecule has 2 rings (SSSR count). The van der Waals surface area contributed by atoms with Gasteiger partial charge in [0, 0.05) is 12.8 Å². The lowest BCUT2D eigenvalue weighted by Crippen LogP contribution is -2.05. The molecule has 0 N–H and O–H groups in total. The van der Waals surface area contributed by atoms with Crippen LogP contribution in [0.4, 0.5) is 4.39 Å². The average Bonchev–Trinajstić information content (AvgIpc) is 2.83. The number of rotatable bonds is 14. The molecule has 0 unspecified atom stereocenters. The van der Waals surface area contributed by atoms with E-state index in [1.807, 2.05) is 30.3 Å². The third-order valence-corrected chi connectivity index (χ3v) is 5.37. The number of carbonyl (C=O) groups excluding carboxylic acids is 2. The summed E-state index contributed by atoms with van der Waals surface area (Å²) >= 11 is 0. The molecule has 0 spiro atoms. The van der Waals surface area contributed by atoms with E-state index in [4.69, 9.17) is 9.47 Å². The van der Waals surface area contributed by atoms with Crippen molar-refractivity contribution in [3.8, 4) is 0 Å². The summed E-state index contributed by atoms with van der Waals surface area (Å²) in [4.78, 5) is 23.9. The Labute approximate surface area is 196 Å². The molecule has 178 valence electrons. The summed E-state index contributed by atoms with van der Waals surface area (Å²) in [5, 5.41) is 0. The molecule has 0 fully saturated rings. The lowest BCUT2D eigenvalue weighted by atomic mass is 9.96. The third kappa shape index (κ3) is 9.60. The van der Waals surface area contributed by atoms with Gasteiger partial charge >= 0.3 is 11.9 Å². The highest BCUT2D eigenvalue weighted by atomic mass is 19.1. The Hall–Kier alpha value is -2.95. The van der Waals surface area contributed by atoms with E-state index in [0.29, 0.717) is 30.6 Å². The second kappa shape index (κ2) is 15.0. The highest BCUT2D eigenvalue weighted by Gasteiger charge is 2.13. The van der Waals surface area contributed by atoms with Crippen LogP contribution in [0.25, 0.3) is 5.57 Å². The Bertz CT molecular complexity index is 888. The van der Waals surface area contributed by atoms with Crippen molar-refractivity contribution in [3.63, 3.8) is 0 Å². The standard InChI is InChI=1S/C28H35FO4/c1-3-5-6-10-14-25(23-17-19-24(20-18-23)28(31)32-4-2)26(29)15-11-16-27(30)33-21-22-12-8-7-9-13-22/h7-9,12-13,17-20H,3-6,10-11,14-16,21H2,1-2H3/b26-25-. The van der Waals surface area contributed by atoms with Crippen LogP contribution in [0.5, 0.6) is 0 Å². The molecule has 2 aromatic carbocycles. The minimum Gasteiger partial charge on any atom is -0.462 e. The highest BCUT2D eigenvalue weighted by molar-refractivity contribution is 5.89. The van der Waals surface area contributed by atoms with Crippen LogP contribution in [-0.2, 0) is 20.9 Å². The maximum atomic E-state index is 15.2. The van der Waals surface area contributed by atoms with E-state index in [-0.39, 0.29) is 37.2 Å². The zero-order chi connectivity index (χ0) is 23.9. The second-order valence-corrected chi connectivity index (χ2v) is 7.99. The fraction of sp³-hybridized carbons (Fsp3) is 0.429. The van der Waals surface area contributed by atoms with Crippen LogP contribution in [0.1, 0.15) is 86.7 Å². The molecule has 0 heterocycles. The van der Waals surface area contributed by atoms with E-state index < -0.39 is 0 Å². The Balaban J connectivity index is 1.97. The van der Waals surface area contributed by atoms with Crippen molar-refractivity contribution in [2.24, 2.45) is 0 Å². The van der Waals surface area contributed by atoms with Gasteiger partial charge in [-0.2, -0.15) is 0 Å². The number of hydrogen-bond donors (Lipinski definition) is 0. The normalized spacial score (nSPS) is 11.6. The average molecular weight is 455 g/mol. The van der Waals surface area contributed by atoms with Gasteiger partial charge in [-0.25, -0.2) is 9.18 Å². The summed E-state index contributed by atoms with van der Waals surface area (Å²) in [6, 6.07) is 16.4. The molecular weight excluding hydrogens is 419 g/mol. The molecule has 0 aliphatic carbocycles. The highest BCUT2D eigenvalue weighted by Crippen LogP contribution is 2.29. The number of esters is 2. The van der Waals surface area contributed by atoms with Crippen molar-refractivity contribution < 1.29 is 23.5 Å². The van der Waals surface area contributed by atoms with E-state index in [0.717, 1.165) is 36.8 Å². The lowest BCUT2D eigenvalue weighted by molar-refractivity contribution is -0.145. The van der Waals surface area contributed by atoms with Gasteiger partial charge in [-0.15, -0.1) is 0 Å². The maximum Gasteiger partial charge on any atom is 0.338 e. The summed E-state index contributed by atoms with van der Waals surface area (Å²) in [5.74, 6) is -0.909. The van der Waals surface area contributed by atoms with Gasteiger partial charge in [0.2, 0.25) is 0 Å². The third-order valence-electron chi connectivity index (χ3n) is 5.37. The van der Waals surface area contributed by atoms with E-state index in [1.54, 1.807) is 31.2 Å². The number of halogens is 1. The van der Waals surface area contributed by atoms with Crippen molar-refractivity contribution >= 4 is 17.5 Å². The fourth-order valence-corrected chi connectivity index (χ4v) is 3.54. The van der Waals surface area contributed by atoms with Crippen LogP contribution in [-0.4, -0.2) is 18.5 Å². The van der Waals surface area contributed by atoms with Crippen LogP contribution >= 0.6 is 0 Å². The molecule has 0 aromatic heterocycles. The quantitative estimate of drug-likeness (QED) is 0.220. The van der Waals surface area contributed by atoms with E-state index >= 15 is 4.39 Å². The molecular formula is C28H35FO4. The lowest BCUT2D eigenvalue weighted by Gasteiger charge is -2.12. The Kier molecular flexibility index (Phi) is 11.9. The minimum atomic E-state index is -0.382. The van der Waals surface area contributed by atoms with Crippen LogP contribution in [0, 0.1) is 0 Å². The largest absolute Gasteiger partial charge is 0.462 e. The van der Waals surface area contributed by atoms with Crippen molar-refractivity contribution in [3.05, 3.63) is 77.1 Å². The number of ether oxygens (including phenoxy) is 2. The topological polar surface area (TPSA) is 52.6 Å². The Morgan fingerprint density at radius 2 is 1.45 bits per heavy atom. The van der Waals surface area contributed by atoms with Gasteiger partial charge < -0.3 is 9.47 Å². The summed E-state index contributed by atoms with van der Waals surface area (Å²) in [7, 11) is 0. The zero-order valence-corrected chi connectivity index (χ0v) is 19.8. The zero-order valence-electron chi connectivity index (χ0n) is 19.8. The molecule has 33 heavy (non-hydrogen) atoms. The minimum absolute atomic E-state index is 0.172. The van der Waals surface area contributed by atoms with Gasteiger partial charge in [-0.3, -0.25) is 4.79 Å². The van der Waals surface area contributed by atoms with Crippen LogP contribution in [0.15, 0.2) is 60.4 Å². The summed E-state index contributed by atoms with van der Waals surface area (Å²) in [6.07, 6.45) is 5.54. The predicted octanol–water partition coefficient (Wildman–Crippen LogP) is 7.43. The number of benzene rings is 2. The molecule has 0 saturated carbocycles. The van der Waals surface area contributed by atoms with Crippen molar-refractivity contribution in [2.75, 3.05) is 6.61 Å². The summed E-state index contributed by atoms with van der Waals surface area (Å²) in [5.41, 5.74) is 2.80. The first-order chi connectivity index (χ1) is 16.0. The van der Waals surface area contributed by atoms with Gasteiger partial charge in [0.1, 0.15) is 12.4 Å². The maximum absolute atomic E-state index is 15.2. The predicted molar refractivity (Wildman–Crippen MR) is 129 cm³/mol. The van der Waals surface area contributed by atoms with Gasteiger partial charge in [0.05, 0.1) is 12.2 Å². The van der Waals surface area contributed by atoms with Gasteiger partial charge in [0.25, 0.3) is 0 Å². The molecule has 0 saturated heterocycles. The summed E-state index contributed by atoms with van der Waals surface area (Å²) in [6.45, 7) is 4.44. The monoisotopic (exact) mass is 454 g/mol. The molecule has 4 nitrogen and oxygen atoms in total. The number of allylic oxidation sites excluding steroid dienone is 2. The van der Waals surface area contributed by atoms with Crippen molar-refractivity contribution in [1.82, 2.24) is 0 Å². The number of unbranched alkanes of at least 4 members (excludes halogenated alkanes) is 3. The first kappa shape index (κ1) is 26.3. The smallest absolute Gasteiger partial charge is 0.338 e. The van der Waals surface area contributed by atoms with Crippen molar-refractivity contribution in [2.45, 2.75) is 71.8 Å². The molecule has 5 heteroatoms. The molecule has 0 amide bonds. The number of hydrogen-bond acceptors (Lipinski definition) is 4. The van der Waals surface area contributed by atoms with Crippen LogP contribution in [0.2, 0.25) is 0 Å². The molecule has 2 aromatic rings. The molecule has 0 aliphatic heterocycles. The van der Waals surface area contributed by atoms with Crippen LogP contribution in [0.3, 0.4) is 0 Å². The number of carbonyl (C=O) groups is 2. The Morgan fingerprint density at radius 1 is 0.758 bits per heavy atom. The van der Waals surface area contributed by atoms with Gasteiger partial charge in [-0.05, 0) is 55.0 Å². The molecule has 0 radical (unpaired) electrons. The fourth-order valence-electron chi connectivity index (χ4n) is 3.54. The van der Waals surface area contributed by atoms with E-state index in [1.165, 1.54) is 0 Å². The summed E-state index contributed by atoms with van der Waals surface area (Å²) < 4.78 is 25.5. The van der Waals surface area contributed by atoms with E-state index in [2.05, 4.69) is 6.92 Å². The van der Waals surface area contributed by atoms with E-state index in [9.17, 15) is 9.59 Å².